The molecule has 0 amide bonds. The summed E-state index contributed by atoms with van der Waals surface area (Å²) in [7, 11) is 0. The van der Waals surface area contributed by atoms with E-state index in [-0.39, 0.29) is 3.57 Å². The zero-order valence-electron chi connectivity index (χ0n) is 6.40. The van der Waals surface area contributed by atoms with Crippen molar-refractivity contribution in [2.75, 3.05) is 0 Å². The number of alkyl halides is 3. The molecule has 14 heavy (non-hydrogen) atoms. The molecule has 2 nitrogen and oxygen atoms in total. The van der Waals surface area contributed by atoms with Gasteiger partial charge >= 0.3 is 6.36 Å². The van der Waals surface area contributed by atoms with E-state index in [2.05, 4.69) is 4.74 Å². The molecule has 0 spiro atoms. The van der Waals surface area contributed by atoms with Gasteiger partial charge in [0.2, 0.25) is 0 Å². The van der Waals surface area contributed by atoms with Crippen molar-refractivity contribution in [1.82, 2.24) is 0 Å². The lowest BCUT2D eigenvalue weighted by molar-refractivity contribution is -0.275. The smallest absolute Gasteiger partial charge is 0.507 e. The maximum Gasteiger partial charge on any atom is 0.573 e. The first kappa shape index (κ1) is 11.3. The molecule has 0 saturated heterocycles. The Labute approximate surface area is 89.6 Å². The zero-order chi connectivity index (χ0) is 10.9. The fourth-order valence-electron chi connectivity index (χ4n) is 0.721. The van der Waals surface area contributed by atoms with Crippen LogP contribution in [0, 0.1) is 9.39 Å². The molecule has 1 aromatic rings. The summed E-state index contributed by atoms with van der Waals surface area (Å²) in [4.78, 5) is 0. The first-order valence-corrected chi connectivity index (χ1v) is 4.31. The van der Waals surface area contributed by atoms with Crippen molar-refractivity contribution in [2.24, 2.45) is 0 Å². The summed E-state index contributed by atoms with van der Waals surface area (Å²) in [5.74, 6) is -2.66. The standard InChI is InChI=1S/C7H3F4IO2/c8-3-1-5(13)4(12)2-6(3)14-7(9,10)11/h1-2,13H. The summed E-state index contributed by atoms with van der Waals surface area (Å²) in [6.45, 7) is 0. The summed E-state index contributed by atoms with van der Waals surface area (Å²) in [6, 6.07) is 1.32. The molecule has 1 aromatic carbocycles. The Balaban J connectivity index is 3.04. The van der Waals surface area contributed by atoms with Gasteiger partial charge in [-0.15, -0.1) is 13.2 Å². The average Bonchev–Trinajstić information content (AvgIpc) is 1.97. The molecule has 0 aliphatic heterocycles. The van der Waals surface area contributed by atoms with E-state index in [0.717, 1.165) is 6.07 Å². The van der Waals surface area contributed by atoms with Crippen molar-refractivity contribution in [3.05, 3.63) is 21.5 Å². The van der Waals surface area contributed by atoms with Gasteiger partial charge in [-0.2, -0.15) is 0 Å². The first-order chi connectivity index (χ1) is 6.29. The normalized spacial score (nSPS) is 11.5. The van der Waals surface area contributed by atoms with E-state index >= 15 is 0 Å². The van der Waals surface area contributed by atoms with Gasteiger partial charge in [0.25, 0.3) is 0 Å². The van der Waals surface area contributed by atoms with Gasteiger partial charge in [-0.3, -0.25) is 0 Å². The summed E-state index contributed by atoms with van der Waals surface area (Å²) in [5, 5.41) is 8.94. The van der Waals surface area contributed by atoms with Crippen LogP contribution in [0.2, 0.25) is 0 Å². The molecule has 0 atom stereocenters. The monoisotopic (exact) mass is 322 g/mol. The van der Waals surface area contributed by atoms with Crippen LogP contribution < -0.4 is 4.74 Å². The van der Waals surface area contributed by atoms with Gasteiger partial charge < -0.3 is 9.84 Å². The number of phenolic OH excluding ortho intramolecular Hbond substituents is 1. The van der Waals surface area contributed by atoms with Crippen molar-refractivity contribution in [2.45, 2.75) is 6.36 Å². The minimum absolute atomic E-state index is 0.0725. The fraction of sp³-hybridized carbons (Fsp3) is 0.143. The molecule has 78 valence electrons. The van der Waals surface area contributed by atoms with E-state index in [1.165, 1.54) is 0 Å². The SMILES string of the molecule is Oc1cc(F)c(OC(F)(F)F)cc1I. The summed E-state index contributed by atoms with van der Waals surface area (Å²) in [6.07, 6.45) is -4.94. The summed E-state index contributed by atoms with van der Waals surface area (Å²) < 4.78 is 51.3. The maximum atomic E-state index is 12.8. The highest BCUT2D eigenvalue weighted by Crippen LogP contribution is 2.31. The van der Waals surface area contributed by atoms with Crippen molar-refractivity contribution in [1.29, 1.82) is 0 Å². The van der Waals surface area contributed by atoms with E-state index in [4.69, 9.17) is 5.11 Å². The number of halogens is 5. The fourth-order valence-corrected chi connectivity index (χ4v) is 1.16. The third-order valence-electron chi connectivity index (χ3n) is 1.23. The quantitative estimate of drug-likeness (QED) is 0.636. The number of hydrogen-bond acceptors (Lipinski definition) is 2. The molecule has 1 N–H and O–H groups in total. The molecular weight excluding hydrogens is 319 g/mol. The lowest BCUT2D eigenvalue weighted by Gasteiger charge is -2.10. The van der Waals surface area contributed by atoms with E-state index in [1.54, 1.807) is 22.6 Å². The topological polar surface area (TPSA) is 29.5 Å². The Bertz CT molecular complexity index is 350. The van der Waals surface area contributed by atoms with E-state index in [9.17, 15) is 17.6 Å². The predicted octanol–water partition coefficient (Wildman–Crippen LogP) is 3.03. The van der Waals surface area contributed by atoms with E-state index in [0.29, 0.717) is 6.07 Å². The number of phenols is 1. The highest BCUT2D eigenvalue weighted by molar-refractivity contribution is 14.1. The summed E-state index contributed by atoms with van der Waals surface area (Å²) in [5.41, 5.74) is 0. The van der Waals surface area contributed by atoms with Crippen LogP contribution in [0.4, 0.5) is 17.6 Å². The minimum atomic E-state index is -4.94. The number of ether oxygens (including phenoxy) is 1. The van der Waals surface area contributed by atoms with Crippen LogP contribution in [0.1, 0.15) is 0 Å². The molecular formula is C7H3F4IO2. The molecule has 7 heteroatoms. The van der Waals surface area contributed by atoms with E-state index < -0.39 is 23.7 Å². The van der Waals surface area contributed by atoms with Gasteiger partial charge in [0.1, 0.15) is 5.75 Å². The molecule has 0 radical (unpaired) electrons. The molecule has 1 rings (SSSR count). The molecule has 0 fully saturated rings. The second-order valence-corrected chi connectivity index (χ2v) is 3.44. The van der Waals surface area contributed by atoms with Crippen molar-refractivity contribution < 1.29 is 27.4 Å². The molecule has 0 aliphatic rings. The Morgan fingerprint density at radius 1 is 1.29 bits per heavy atom. The molecule has 0 heterocycles. The van der Waals surface area contributed by atoms with Crippen LogP contribution in [-0.2, 0) is 0 Å². The molecule has 0 unspecified atom stereocenters. The van der Waals surface area contributed by atoms with Crippen LogP contribution in [0.25, 0.3) is 0 Å². The van der Waals surface area contributed by atoms with Gasteiger partial charge in [0.05, 0.1) is 3.57 Å². The van der Waals surface area contributed by atoms with Crippen molar-refractivity contribution in [3.8, 4) is 11.5 Å². The second-order valence-electron chi connectivity index (χ2n) is 2.28. The molecule has 0 saturated carbocycles. The van der Waals surface area contributed by atoms with Gasteiger partial charge in [0.15, 0.2) is 11.6 Å². The largest absolute Gasteiger partial charge is 0.573 e. The maximum absolute atomic E-state index is 12.8. The highest BCUT2D eigenvalue weighted by Gasteiger charge is 2.32. The summed E-state index contributed by atoms with van der Waals surface area (Å²) >= 11 is 1.55. The number of hydrogen-bond donors (Lipinski definition) is 1. The van der Waals surface area contributed by atoms with Crippen LogP contribution in [0.15, 0.2) is 12.1 Å². The third kappa shape index (κ3) is 2.89. The number of aromatic hydroxyl groups is 1. The van der Waals surface area contributed by atoms with Gasteiger partial charge in [-0.05, 0) is 22.6 Å². The number of rotatable bonds is 1. The molecule has 0 aliphatic carbocycles. The van der Waals surface area contributed by atoms with E-state index in [1.807, 2.05) is 0 Å². The van der Waals surface area contributed by atoms with Crippen LogP contribution in [-0.4, -0.2) is 11.5 Å². The lowest BCUT2D eigenvalue weighted by atomic mass is 10.3. The van der Waals surface area contributed by atoms with Crippen LogP contribution >= 0.6 is 22.6 Å². The minimum Gasteiger partial charge on any atom is -0.507 e. The van der Waals surface area contributed by atoms with Gasteiger partial charge in [0, 0.05) is 12.1 Å². The van der Waals surface area contributed by atoms with Crippen LogP contribution in [0.5, 0.6) is 11.5 Å². The van der Waals surface area contributed by atoms with Gasteiger partial charge in [-0.25, -0.2) is 4.39 Å². The van der Waals surface area contributed by atoms with Crippen LogP contribution in [0.3, 0.4) is 0 Å². The second kappa shape index (κ2) is 3.79. The third-order valence-corrected chi connectivity index (χ3v) is 2.09. The van der Waals surface area contributed by atoms with Crippen molar-refractivity contribution >= 4 is 22.6 Å². The molecule has 0 bridgehead atoms. The lowest BCUT2D eigenvalue weighted by Crippen LogP contribution is -2.18. The predicted molar refractivity (Wildman–Crippen MR) is 47.5 cm³/mol. The highest BCUT2D eigenvalue weighted by atomic mass is 127. The zero-order valence-corrected chi connectivity index (χ0v) is 8.56. The average molecular weight is 322 g/mol. The Hall–Kier alpha value is -0.730. The van der Waals surface area contributed by atoms with Crippen molar-refractivity contribution in [3.63, 3.8) is 0 Å². The Morgan fingerprint density at radius 2 is 1.86 bits per heavy atom. The molecule has 0 aromatic heterocycles. The Morgan fingerprint density at radius 3 is 2.36 bits per heavy atom. The number of benzene rings is 1. The van der Waals surface area contributed by atoms with Gasteiger partial charge in [-0.1, -0.05) is 0 Å². The first-order valence-electron chi connectivity index (χ1n) is 3.23. The Kier molecular flexibility index (Phi) is 3.07.